The lowest BCUT2D eigenvalue weighted by Crippen LogP contribution is -1.92. The van der Waals surface area contributed by atoms with Crippen LogP contribution >= 0.6 is 0 Å². The van der Waals surface area contributed by atoms with Crippen LogP contribution in [-0.4, -0.2) is 11.7 Å². The van der Waals surface area contributed by atoms with E-state index in [1.807, 2.05) is 0 Å². The van der Waals surface area contributed by atoms with E-state index in [9.17, 15) is 0 Å². The highest BCUT2D eigenvalue weighted by molar-refractivity contribution is 5.74. The lowest BCUT2D eigenvalue weighted by molar-refractivity contribution is 0.284. The van der Waals surface area contributed by atoms with Crippen molar-refractivity contribution in [3.05, 3.63) is 83.4 Å². The first kappa shape index (κ1) is 19.4. The van der Waals surface area contributed by atoms with E-state index in [-0.39, 0.29) is 6.61 Å². The standard InChI is InChI=1S/C26H30O/c1-3-20-8-12-23(13-9-20)25-16-17-26(22(4-2)19-25)24-14-10-21(11-15-24)7-5-6-18-27/h8-17,19,27H,3-7,18H2,1-2H3. The van der Waals surface area contributed by atoms with E-state index < -0.39 is 0 Å². The highest BCUT2D eigenvalue weighted by Crippen LogP contribution is 2.30. The van der Waals surface area contributed by atoms with Crippen molar-refractivity contribution >= 4 is 0 Å². The number of benzene rings is 3. The molecule has 0 heterocycles. The van der Waals surface area contributed by atoms with Crippen LogP contribution in [0.4, 0.5) is 0 Å². The van der Waals surface area contributed by atoms with Crippen LogP contribution in [-0.2, 0) is 19.3 Å². The molecular formula is C26H30O. The van der Waals surface area contributed by atoms with E-state index >= 15 is 0 Å². The zero-order chi connectivity index (χ0) is 19.1. The molecule has 0 saturated carbocycles. The third-order valence-electron chi connectivity index (χ3n) is 5.32. The minimum atomic E-state index is 0.283. The van der Waals surface area contributed by atoms with Crippen molar-refractivity contribution in [2.24, 2.45) is 0 Å². The van der Waals surface area contributed by atoms with E-state index in [4.69, 9.17) is 5.11 Å². The maximum Gasteiger partial charge on any atom is 0.0431 e. The zero-order valence-corrected chi connectivity index (χ0v) is 16.5. The summed E-state index contributed by atoms with van der Waals surface area (Å²) in [7, 11) is 0. The minimum Gasteiger partial charge on any atom is -0.396 e. The number of aliphatic hydroxyl groups is 1. The van der Waals surface area contributed by atoms with Gasteiger partial charge in [-0.3, -0.25) is 0 Å². The monoisotopic (exact) mass is 358 g/mol. The predicted octanol–water partition coefficient (Wildman–Crippen LogP) is 6.46. The lowest BCUT2D eigenvalue weighted by atomic mass is 9.92. The molecule has 0 aliphatic rings. The Balaban J connectivity index is 1.83. The number of unbranched alkanes of at least 4 members (excludes halogenated alkanes) is 1. The molecule has 1 heteroatoms. The quantitative estimate of drug-likeness (QED) is 0.458. The fourth-order valence-corrected chi connectivity index (χ4v) is 3.57. The fraction of sp³-hybridized carbons (Fsp3) is 0.308. The highest BCUT2D eigenvalue weighted by atomic mass is 16.2. The van der Waals surface area contributed by atoms with Crippen molar-refractivity contribution in [1.82, 2.24) is 0 Å². The van der Waals surface area contributed by atoms with Crippen LogP contribution in [0, 0.1) is 0 Å². The number of hydrogen-bond acceptors (Lipinski definition) is 1. The largest absolute Gasteiger partial charge is 0.396 e. The summed E-state index contributed by atoms with van der Waals surface area (Å²) < 4.78 is 0. The molecule has 0 amide bonds. The van der Waals surface area contributed by atoms with Gasteiger partial charge in [-0.2, -0.15) is 0 Å². The molecule has 0 radical (unpaired) electrons. The van der Waals surface area contributed by atoms with Gasteiger partial charge < -0.3 is 5.11 Å². The molecule has 0 unspecified atom stereocenters. The normalized spacial score (nSPS) is 10.9. The maximum atomic E-state index is 8.93. The fourth-order valence-electron chi connectivity index (χ4n) is 3.57. The van der Waals surface area contributed by atoms with Gasteiger partial charge in [0.15, 0.2) is 0 Å². The second kappa shape index (κ2) is 9.53. The van der Waals surface area contributed by atoms with Gasteiger partial charge in [-0.25, -0.2) is 0 Å². The van der Waals surface area contributed by atoms with Gasteiger partial charge in [0, 0.05) is 6.61 Å². The average molecular weight is 359 g/mol. The summed E-state index contributed by atoms with van der Waals surface area (Å²) in [4.78, 5) is 0. The zero-order valence-electron chi connectivity index (χ0n) is 16.5. The Bertz CT molecular complexity index is 844. The summed E-state index contributed by atoms with van der Waals surface area (Å²) >= 11 is 0. The molecule has 3 aromatic carbocycles. The molecule has 3 rings (SSSR count). The second-order valence-corrected chi connectivity index (χ2v) is 7.15. The summed E-state index contributed by atoms with van der Waals surface area (Å²) in [5.41, 5.74) is 9.30. The summed E-state index contributed by atoms with van der Waals surface area (Å²) in [6.07, 6.45) is 5.06. The van der Waals surface area contributed by atoms with Crippen LogP contribution in [0.3, 0.4) is 0 Å². The van der Waals surface area contributed by atoms with Crippen LogP contribution in [0.5, 0.6) is 0 Å². The molecule has 0 aliphatic heterocycles. The lowest BCUT2D eigenvalue weighted by Gasteiger charge is -2.12. The number of aryl methyl sites for hydroxylation is 3. The number of aliphatic hydroxyl groups excluding tert-OH is 1. The molecule has 0 aromatic heterocycles. The summed E-state index contributed by atoms with van der Waals surface area (Å²) in [5.74, 6) is 0. The second-order valence-electron chi connectivity index (χ2n) is 7.15. The molecule has 0 fully saturated rings. The first-order valence-electron chi connectivity index (χ1n) is 10.2. The average Bonchev–Trinajstić information content (AvgIpc) is 2.74. The predicted molar refractivity (Wildman–Crippen MR) is 116 cm³/mol. The van der Waals surface area contributed by atoms with Gasteiger partial charge in [0.25, 0.3) is 0 Å². The van der Waals surface area contributed by atoms with Gasteiger partial charge in [-0.05, 0) is 71.0 Å². The van der Waals surface area contributed by atoms with Crippen LogP contribution in [0.2, 0.25) is 0 Å². The van der Waals surface area contributed by atoms with Gasteiger partial charge in [0.1, 0.15) is 0 Å². The Morgan fingerprint density at radius 2 is 1.26 bits per heavy atom. The molecular weight excluding hydrogens is 328 g/mol. The Kier molecular flexibility index (Phi) is 6.84. The topological polar surface area (TPSA) is 20.2 Å². The summed E-state index contributed by atoms with van der Waals surface area (Å²) in [5, 5.41) is 8.93. The number of hydrogen-bond donors (Lipinski definition) is 1. The molecule has 140 valence electrons. The van der Waals surface area contributed by atoms with Crippen molar-refractivity contribution < 1.29 is 5.11 Å². The molecule has 0 aliphatic carbocycles. The highest BCUT2D eigenvalue weighted by Gasteiger charge is 2.07. The third kappa shape index (κ3) is 4.87. The van der Waals surface area contributed by atoms with Crippen LogP contribution < -0.4 is 0 Å². The van der Waals surface area contributed by atoms with E-state index in [0.717, 1.165) is 32.1 Å². The molecule has 0 bridgehead atoms. The molecule has 1 N–H and O–H groups in total. The Hall–Kier alpha value is -2.38. The van der Waals surface area contributed by atoms with Crippen LogP contribution in [0.1, 0.15) is 43.4 Å². The smallest absolute Gasteiger partial charge is 0.0431 e. The van der Waals surface area contributed by atoms with E-state index in [1.54, 1.807) is 0 Å². The summed E-state index contributed by atoms with van der Waals surface area (Å²) in [6.45, 7) is 4.70. The molecule has 0 atom stereocenters. The molecule has 0 saturated heterocycles. The van der Waals surface area contributed by atoms with Crippen molar-refractivity contribution in [1.29, 1.82) is 0 Å². The Labute approximate surface area is 163 Å². The maximum absolute atomic E-state index is 8.93. The Morgan fingerprint density at radius 3 is 1.89 bits per heavy atom. The van der Waals surface area contributed by atoms with Crippen LogP contribution in [0.15, 0.2) is 66.7 Å². The van der Waals surface area contributed by atoms with Gasteiger partial charge in [-0.1, -0.05) is 80.6 Å². The molecule has 1 nitrogen and oxygen atoms in total. The Morgan fingerprint density at radius 1 is 0.630 bits per heavy atom. The van der Waals surface area contributed by atoms with E-state index in [1.165, 1.54) is 38.9 Å². The van der Waals surface area contributed by atoms with Crippen molar-refractivity contribution in [3.63, 3.8) is 0 Å². The van der Waals surface area contributed by atoms with E-state index in [2.05, 4.69) is 80.6 Å². The van der Waals surface area contributed by atoms with Gasteiger partial charge in [-0.15, -0.1) is 0 Å². The van der Waals surface area contributed by atoms with E-state index in [0.29, 0.717) is 0 Å². The van der Waals surface area contributed by atoms with Gasteiger partial charge >= 0.3 is 0 Å². The molecule has 0 spiro atoms. The molecule has 3 aromatic rings. The third-order valence-corrected chi connectivity index (χ3v) is 5.32. The first-order chi connectivity index (χ1) is 13.2. The van der Waals surface area contributed by atoms with Crippen molar-refractivity contribution in [2.75, 3.05) is 6.61 Å². The number of rotatable bonds is 8. The van der Waals surface area contributed by atoms with Crippen LogP contribution in [0.25, 0.3) is 22.3 Å². The van der Waals surface area contributed by atoms with Crippen molar-refractivity contribution in [3.8, 4) is 22.3 Å². The van der Waals surface area contributed by atoms with Gasteiger partial charge in [0.05, 0.1) is 0 Å². The first-order valence-corrected chi connectivity index (χ1v) is 10.2. The molecule has 27 heavy (non-hydrogen) atoms. The minimum absolute atomic E-state index is 0.283. The van der Waals surface area contributed by atoms with Gasteiger partial charge in [0.2, 0.25) is 0 Å². The van der Waals surface area contributed by atoms with Crippen molar-refractivity contribution in [2.45, 2.75) is 46.0 Å². The summed E-state index contributed by atoms with van der Waals surface area (Å²) in [6, 6.07) is 24.7. The SMILES string of the molecule is CCc1ccc(-c2ccc(-c3ccc(CCCCO)cc3)c(CC)c2)cc1.